The first-order chi connectivity index (χ1) is 9.06. The van der Waals surface area contributed by atoms with E-state index < -0.39 is 17.4 Å². The van der Waals surface area contributed by atoms with Gasteiger partial charge < -0.3 is 10.2 Å². The number of amides is 1. The Balaban J connectivity index is 2.14. The summed E-state index contributed by atoms with van der Waals surface area (Å²) in [5, 5.41) is 12.0. The maximum Gasteiger partial charge on any atom is 0.257 e. The molecular weight excluding hydrogens is 247 g/mol. The van der Waals surface area contributed by atoms with E-state index in [1.165, 1.54) is 18.3 Å². The summed E-state index contributed by atoms with van der Waals surface area (Å²) < 4.78 is 13.4. The zero-order valence-electron chi connectivity index (χ0n) is 10.7. The van der Waals surface area contributed by atoms with Gasteiger partial charge in [-0.3, -0.25) is 4.79 Å². The molecule has 2 rings (SSSR count). The van der Waals surface area contributed by atoms with E-state index in [1.807, 2.05) is 7.05 Å². The molecule has 6 heteroatoms. The number of likely N-dealkylation sites (tertiary alicyclic amines) is 1. The van der Waals surface area contributed by atoms with Crippen LogP contribution in [0, 0.1) is 17.3 Å². The van der Waals surface area contributed by atoms with Crippen molar-refractivity contribution in [2.24, 2.45) is 0 Å². The number of nitrogens with one attached hydrogen (secondary N) is 1. The summed E-state index contributed by atoms with van der Waals surface area (Å²) in [5.74, 6) is -1.40. The smallest absolute Gasteiger partial charge is 0.257 e. The molecule has 1 aromatic heterocycles. The number of hydrogen-bond donors (Lipinski definition) is 1. The molecule has 100 valence electrons. The molecule has 0 radical (unpaired) electrons. The largest absolute Gasteiger partial charge is 0.333 e. The van der Waals surface area contributed by atoms with Crippen LogP contribution in [-0.4, -0.2) is 41.5 Å². The third-order valence-corrected chi connectivity index (χ3v) is 3.41. The standard InChI is InChI=1S/C13H15FN4O/c1-18-7-4-13(9-15,5-8-18)17-12(19)10-3-2-6-16-11(10)14/h2-3,6H,4-5,7-8H2,1H3,(H,17,19). The van der Waals surface area contributed by atoms with Gasteiger partial charge in [0.1, 0.15) is 5.54 Å². The van der Waals surface area contributed by atoms with E-state index in [2.05, 4.69) is 21.3 Å². The zero-order valence-corrected chi connectivity index (χ0v) is 10.7. The van der Waals surface area contributed by atoms with Crippen molar-refractivity contribution in [1.82, 2.24) is 15.2 Å². The van der Waals surface area contributed by atoms with Crippen molar-refractivity contribution in [3.8, 4) is 6.07 Å². The molecule has 0 spiro atoms. The molecule has 0 unspecified atom stereocenters. The van der Waals surface area contributed by atoms with Crippen molar-refractivity contribution < 1.29 is 9.18 Å². The molecule has 1 amide bonds. The second kappa shape index (κ2) is 5.33. The monoisotopic (exact) mass is 262 g/mol. The minimum atomic E-state index is -0.911. The average Bonchev–Trinajstić information content (AvgIpc) is 2.42. The number of carbonyl (C=O) groups excluding carboxylic acids is 1. The summed E-state index contributed by atoms with van der Waals surface area (Å²) in [4.78, 5) is 17.5. The second-order valence-electron chi connectivity index (χ2n) is 4.79. The van der Waals surface area contributed by atoms with Gasteiger partial charge >= 0.3 is 0 Å². The van der Waals surface area contributed by atoms with Crippen LogP contribution in [0.1, 0.15) is 23.2 Å². The van der Waals surface area contributed by atoms with Gasteiger partial charge in [0.2, 0.25) is 5.95 Å². The van der Waals surface area contributed by atoms with Gasteiger partial charge in [-0.25, -0.2) is 4.98 Å². The normalized spacial score (nSPS) is 18.6. The van der Waals surface area contributed by atoms with Crippen LogP contribution in [0.2, 0.25) is 0 Å². The number of carbonyl (C=O) groups is 1. The fourth-order valence-electron chi connectivity index (χ4n) is 2.11. The molecule has 0 bridgehead atoms. The lowest BCUT2D eigenvalue weighted by Gasteiger charge is -2.35. The Hall–Kier alpha value is -2.00. The maximum atomic E-state index is 13.4. The van der Waals surface area contributed by atoms with E-state index in [-0.39, 0.29) is 5.56 Å². The van der Waals surface area contributed by atoms with Crippen molar-refractivity contribution in [3.05, 3.63) is 29.8 Å². The maximum absolute atomic E-state index is 13.4. The van der Waals surface area contributed by atoms with Crippen LogP contribution in [-0.2, 0) is 0 Å². The van der Waals surface area contributed by atoms with Crippen LogP contribution in [0.4, 0.5) is 4.39 Å². The van der Waals surface area contributed by atoms with Gasteiger partial charge in [-0.1, -0.05) is 0 Å². The highest BCUT2D eigenvalue weighted by Gasteiger charge is 2.36. The van der Waals surface area contributed by atoms with Crippen molar-refractivity contribution in [3.63, 3.8) is 0 Å². The van der Waals surface area contributed by atoms with Crippen molar-refractivity contribution in [2.75, 3.05) is 20.1 Å². The predicted molar refractivity (Wildman–Crippen MR) is 66.7 cm³/mol. The molecule has 1 aliphatic heterocycles. The Morgan fingerprint density at radius 1 is 1.58 bits per heavy atom. The molecule has 1 aliphatic rings. The van der Waals surface area contributed by atoms with Gasteiger partial charge in [0, 0.05) is 19.3 Å². The number of aromatic nitrogens is 1. The summed E-state index contributed by atoms with van der Waals surface area (Å²) in [5.41, 5.74) is -1.04. The highest BCUT2D eigenvalue weighted by molar-refractivity contribution is 5.94. The van der Waals surface area contributed by atoms with Crippen molar-refractivity contribution in [2.45, 2.75) is 18.4 Å². The molecule has 19 heavy (non-hydrogen) atoms. The predicted octanol–water partition coefficient (Wildman–Crippen LogP) is 0.938. The summed E-state index contributed by atoms with van der Waals surface area (Å²) in [7, 11) is 1.96. The fourth-order valence-corrected chi connectivity index (χ4v) is 2.11. The SMILES string of the molecule is CN1CCC(C#N)(NC(=O)c2cccnc2F)CC1. The second-order valence-corrected chi connectivity index (χ2v) is 4.79. The highest BCUT2D eigenvalue weighted by atomic mass is 19.1. The van der Waals surface area contributed by atoms with Gasteiger partial charge in [-0.05, 0) is 32.0 Å². The third-order valence-electron chi connectivity index (χ3n) is 3.41. The molecule has 2 heterocycles. The minimum absolute atomic E-state index is 0.129. The summed E-state index contributed by atoms with van der Waals surface area (Å²) in [6.45, 7) is 1.45. The van der Waals surface area contributed by atoms with Gasteiger partial charge in [0.15, 0.2) is 0 Å². The molecule has 0 aromatic carbocycles. The Bertz CT molecular complexity index is 518. The molecule has 5 nitrogen and oxygen atoms in total. The first kappa shape index (κ1) is 13.4. The van der Waals surface area contributed by atoms with Crippen LogP contribution in [0.25, 0.3) is 0 Å². The van der Waals surface area contributed by atoms with E-state index in [1.54, 1.807) is 0 Å². The van der Waals surface area contributed by atoms with Gasteiger partial charge in [-0.2, -0.15) is 9.65 Å². The summed E-state index contributed by atoms with van der Waals surface area (Å²) in [6, 6.07) is 5.01. The Labute approximate surface area is 111 Å². The number of halogens is 1. The van der Waals surface area contributed by atoms with E-state index >= 15 is 0 Å². The number of pyridine rings is 1. The average molecular weight is 262 g/mol. The van der Waals surface area contributed by atoms with E-state index in [4.69, 9.17) is 0 Å². The lowest BCUT2D eigenvalue weighted by molar-refractivity contribution is 0.0877. The van der Waals surface area contributed by atoms with Crippen molar-refractivity contribution in [1.29, 1.82) is 5.26 Å². The highest BCUT2D eigenvalue weighted by Crippen LogP contribution is 2.21. The molecule has 0 aliphatic carbocycles. The number of rotatable bonds is 2. The molecular formula is C13H15FN4O. The number of nitrogens with zero attached hydrogens (tertiary/aromatic N) is 3. The summed E-state index contributed by atoms with van der Waals surface area (Å²) >= 11 is 0. The van der Waals surface area contributed by atoms with Crippen molar-refractivity contribution >= 4 is 5.91 Å². The molecule has 1 aromatic rings. The van der Waals surface area contributed by atoms with Crippen LogP contribution in [0.15, 0.2) is 18.3 Å². The number of nitriles is 1. The van der Waals surface area contributed by atoms with Gasteiger partial charge in [0.25, 0.3) is 5.91 Å². The van der Waals surface area contributed by atoms with Crippen LogP contribution in [0.5, 0.6) is 0 Å². The lowest BCUT2D eigenvalue weighted by Crippen LogP contribution is -2.53. The first-order valence-electron chi connectivity index (χ1n) is 6.09. The number of hydrogen-bond acceptors (Lipinski definition) is 4. The molecule has 0 saturated carbocycles. The molecule has 1 N–H and O–H groups in total. The molecule has 1 fully saturated rings. The first-order valence-corrected chi connectivity index (χ1v) is 6.09. The van der Waals surface area contributed by atoms with Crippen LogP contribution >= 0.6 is 0 Å². The van der Waals surface area contributed by atoms with Gasteiger partial charge in [-0.15, -0.1) is 0 Å². The quantitative estimate of drug-likeness (QED) is 0.805. The lowest BCUT2D eigenvalue weighted by atomic mass is 9.89. The van der Waals surface area contributed by atoms with Gasteiger partial charge in [0.05, 0.1) is 11.6 Å². The Morgan fingerprint density at radius 2 is 2.26 bits per heavy atom. The molecule has 1 saturated heterocycles. The number of piperidine rings is 1. The summed E-state index contributed by atoms with van der Waals surface area (Å²) in [6.07, 6.45) is 2.35. The Kier molecular flexibility index (Phi) is 3.76. The molecule has 0 atom stereocenters. The minimum Gasteiger partial charge on any atom is -0.333 e. The van der Waals surface area contributed by atoms with E-state index in [9.17, 15) is 14.4 Å². The fraction of sp³-hybridized carbons (Fsp3) is 0.462. The van der Waals surface area contributed by atoms with E-state index in [0.717, 1.165) is 13.1 Å². The third kappa shape index (κ3) is 2.88. The van der Waals surface area contributed by atoms with E-state index in [0.29, 0.717) is 12.8 Å². The van der Waals surface area contributed by atoms with Crippen LogP contribution < -0.4 is 5.32 Å². The van der Waals surface area contributed by atoms with Crippen LogP contribution in [0.3, 0.4) is 0 Å². The zero-order chi connectivity index (χ0) is 13.9. The Morgan fingerprint density at radius 3 is 2.84 bits per heavy atom. The topological polar surface area (TPSA) is 69.0 Å².